The molecule has 6 nitrogen and oxygen atoms in total. The van der Waals surface area contributed by atoms with Gasteiger partial charge >= 0.3 is 0 Å². The van der Waals surface area contributed by atoms with Crippen molar-refractivity contribution in [2.24, 2.45) is 5.84 Å². The maximum atomic E-state index is 5.37. The van der Waals surface area contributed by atoms with Gasteiger partial charge in [0.2, 0.25) is 0 Å². The van der Waals surface area contributed by atoms with Gasteiger partial charge < -0.3 is 15.5 Å². The summed E-state index contributed by atoms with van der Waals surface area (Å²) in [6.07, 6.45) is 1.02. The lowest BCUT2D eigenvalue weighted by Crippen LogP contribution is -2.17. The van der Waals surface area contributed by atoms with Crippen LogP contribution in [0.5, 0.6) is 0 Å². The number of nitrogens with one attached hydrogen (secondary N) is 2. The molecule has 0 bridgehead atoms. The fourth-order valence-corrected chi connectivity index (χ4v) is 1.26. The van der Waals surface area contributed by atoms with Crippen LogP contribution in [0.25, 0.3) is 0 Å². The van der Waals surface area contributed by atoms with Crippen molar-refractivity contribution in [2.45, 2.75) is 39.8 Å². The molecule has 1 heterocycles. The fourth-order valence-electron chi connectivity index (χ4n) is 1.26. The van der Waals surface area contributed by atoms with E-state index < -0.39 is 0 Å². The van der Waals surface area contributed by atoms with Gasteiger partial charge in [-0.1, -0.05) is 6.92 Å². The number of rotatable bonds is 7. The molecule has 0 saturated heterocycles. The average molecular weight is 239 g/mol. The number of nitrogens with zero attached hydrogens (tertiary/aromatic N) is 2. The molecule has 0 spiro atoms. The van der Waals surface area contributed by atoms with E-state index in [4.69, 9.17) is 10.6 Å². The van der Waals surface area contributed by atoms with E-state index >= 15 is 0 Å². The summed E-state index contributed by atoms with van der Waals surface area (Å²) in [6.45, 7) is 7.17. The van der Waals surface area contributed by atoms with Crippen LogP contribution in [0.1, 0.15) is 33.0 Å². The minimum atomic E-state index is 0.357. The number of ether oxygens (including phenoxy) is 1. The number of nitrogens with two attached hydrogens (primary N) is 1. The molecular formula is C11H21N5O. The Morgan fingerprint density at radius 3 is 2.65 bits per heavy atom. The van der Waals surface area contributed by atoms with E-state index in [9.17, 15) is 0 Å². The molecule has 0 fully saturated rings. The minimum absolute atomic E-state index is 0.357. The van der Waals surface area contributed by atoms with Crippen molar-refractivity contribution in [2.75, 3.05) is 17.3 Å². The van der Waals surface area contributed by atoms with Gasteiger partial charge in [0.05, 0.1) is 0 Å². The Bertz CT molecular complexity index is 345. The molecule has 0 amide bonds. The first kappa shape index (κ1) is 13.7. The van der Waals surface area contributed by atoms with Gasteiger partial charge in [-0.2, -0.15) is 0 Å². The molecular weight excluding hydrogens is 218 g/mol. The number of nitrogen functional groups attached to an aromatic ring is 1. The highest BCUT2D eigenvalue weighted by molar-refractivity contribution is 5.47. The third kappa shape index (κ3) is 4.54. The molecule has 1 aromatic heterocycles. The largest absolute Gasteiger partial charge is 0.374 e. The predicted molar refractivity (Wildman–Crippen MR) is 68.5 cm³/mol. The monoisotopic (exact) mass is 239 g/mol. The van der Waals surface area contributed by atoms with Crippen LogP contribution in [0.15, 0.2) is 6.07 Å². The van der Waals surface area contributed by atoms with Crippen LogP contribution in [0.4, 0.5) is 11.6 Å². The van der Waals surface area contributed by atoms with Gasteiger partial charge in [-0.25, -0.2) is 15.8 Å². The summed E-state index contributed by atoms with van der Waals surface area (Å²) in [6, 6.07) is 2.14. The van der Waals surface area contributed by atoms with Crippen LogP contribution in [0.3, 0.4) is 0 Å². The van der Waals surface area contributed by atoms with E-state index in [0.29, 0.717) is 30.9 Å². The molecule has 0 aliphatic carbocycles. The fraction of sp³-hybridized carbons (Fsp3) is 0.636. The number of hydrazine groups is 1. The second kappa shape index (κ2) is 7.03. The van der Waals surface area contributed by atoms with E-state index in [2.05, 4.69) is 34.6 Å². The van der Waals surface area contributed by atoms with Crippen LogP contribution in [-0.2, 0) is 11.3 Å². The van der Waals surface area contributed by atoms with Crippen molar-refractivity contribution in [1.29, 1.82) is 0 Å². The number of hydrogen-bond donors (Lipinski definition) is 3. The molecule has 1 unspecified atom stereocenters. The van der Waals surface area contributed by atoms with Crippen molar-refractivity contribution >= 4 is 11.6 Å². The topological polar surface area (TPSA) is 85.1 Å². The van der Waals surface area contributed by atoms with Crippen LogP contribution in [0, 0.1) is 0 Å². The Morgan fingerprint density at radius 2 is 2.06 bits per heavy atom. The number of hydrogen-bond acceptors (Lipinski definition) is 6. The summed E-state index contributed by atoms with van der Waals surface area (Å²) >= 11 is 0. The van der Waals surface area contributed by atoms with Crippen molar-refractivity contribution in [3.63, 3.8) is 0 Å². The van der Waals surface area contributed by atoms with Crippen LogP contribution >= 0.6 is 0 Å². The third-order valence-corrected chi connectivity index (χ3v) is 2.36. The summed E-state index contributed by atoms with van der Waals surface area (Å²) in [5.41, 5.74) is 2.53. The quantitative estimate of drug-likeness (QED) is 0.494. The molecule has 1 aromatic rings. The SMILES string of the molecule is CCOCc1nc(NN)cc(NC(C)CC)n1. The average Bonchev–Trinajstić information content (AvgIpc) is 2.35. The lowest BCUT2D eigenvalue weighted by molar-refractivity contribution is 0.128. The first-order valence-electron chi connectivity index (χ1n) is 5.88. The molecule has 0 saturated carbocycles. The van der Waals surface area contributed by atoms with Gasteiger partial charge in [0, 0.05) is 18.7 Å². The van der Waals surface area contributed by atoms with Crippen LogP contribution in [0.2, 0.25) is 0 Å². The molecule has 6 heteroatoms. The van der Waals surface area contributed by atoms with Crippen LogP contribution in [-0.4, -0.2) is 22.6 Å². The van der Waals surface area contributed by atoms with Crippen molar-refractivity contribution < 1.29 is 4.74 Å². The van der Waals surface area contributed by atoms with Gasteiger partial charge in [-0.3, -0.25) is 0 Å². The van der Waals surface area contributed by atoms with Gasteiger partial charge in [0.15, 0.2) is 5.82 Å². The summed E-state index contributed by atoms with van der Waals surface area (Å²) in [7, 11) is 0. The normalized spacial score (nSPS) is 12.2. The second-order valence-corrected chi connectivity index (χ2v) is 3.79. The lowest BCUT2D eigenvalue weighted by atomic mass is 10.2. The van der Waals surface area contributed by atoms with Gasteiger partial charge in [0.1, 0.15) is 18.2 Å². The van der Waals surface area contributed by atoms with E-state index in [0.717, 1.165) is 12.2 Å². The molecule has 1 rings (SSSR count). The predicted octanol–water partition coefficient (Wildman–Crippen LogP) is 1.51. The zero-order chi connectivity index (χ0) is 12.7. The Balaban J connectivity index is 2.80. The summed E-state index contributed by atoms with van der Waals surface area (Å²) in [5, 5.41) is 3.28. The molecule has 17 heavy (non-hydrogen) atoms. The molecule has 1 atom stereocenters. The Kier molecular flexibility index (Phi) is 5.65. The van der Waals surface area contributed by atoms with E-state index in [1.165, 1.54) is 0 Å². The maximum absolute atomic E-state index is 5.37. The highest BCUT2D eigenvalue weighted by atomic mass is 16.5. The Hall–Kier alpha value is -1.40. The number of anilines is 2. The molecule has 4 N–H and O–H groups in total. The van der Waals surface area contributed by atoms with Crippen LogP contribution < -0.4 is 16.6 Å². The summed E-state index contributed by atoms with van der Waals surface area (Å²) < 4.78 is 5.28. The van der Waals surface area contributed by atoms with Crippen molar-refractivity contribution in [1.82, 2.24) is 9.97 Å². The molecule has 0 aromatic carbocycles. The standard InChI is InChI=1S/C11H21N5O/c1-4-8(3)13-9-6-10(16-12)15-11(14-9)7-17-5-2/h6,8H,4-5,7,12H2,1-3H3,(H2,13,14,15,16). The molecule has 96 valence electrons. The zero-order valence-electron chi connectivity index (χ0n) is 10.7. The zero-order valence-corrected chi connectivity index (χ0v) is 10.7. The van der Waals surface area contributed by atoms with E-state index in [1.54, 1.807) is 6.07 Å². The molecule has 0 aliphatic heterocycles. The molecule has 0 aliphatic rings. The van der Waals surface area contributed by atoms with Gasteiger partial charge in [0.25, 0.3) is 0 Å². The number of aromatic nitrogens is 2. The maximum Gasteiger partial charge on any atom is 0.158 e. The molecule has 0 radical (unpaired) electrons. The third-order valence-electron chi connectivity index (χ3n) is 2.36. The highest BCUT2D eigenvalue weighted by Crippen LogP contribution is 2.12. The van der Waals surface area contributed by atoms with E-state index in [1.807, 2.05) is 6.92 Å². The first-order valence-corrected chi connectivity index (χ1v) is 5.88. The summed E-state index contributed by atoms with van der Waals surface area (Å²) in [4.78, 5) is 8.57. The highest BCUT2D eigenvalue weighted by Gasteiger charge is 2.06. The lowest BCUT2D eigenvalue weighted by Gasteiger charge is -2.14. The Morgan fingerprint density at radius 1 is 1.35 bits per heavy atom. The minimum Gasteiger partial charge on any atom is -0.374 e. The van der Waals surface area contributed by atoms with Crippen molar-refractivity contribution in [3.05, 3.63) is 11.9 Å². The first-order chi connectivity index (χ1) is 8.19. The van der Waals surface area contributed by atoms with Gasteiger partial charge in [-0.15, -0.1) is 0 Å². The second-order valence-electron chi connectivity index (χ2n) is 3.79. The van der Waals surface area contributed by atoms with E-state index in [-0.39, 0.29) is 0 Å². The Labute approximate surface area is 102 Å². The summed E-state index contributed by atoms with van der Waals surface area (Å²) in [5.74, 6) is 7.33. The van der Waals surface area contributed by atoms with Crippen molar-refractivity contribution in [3.8, 4) is 0 Å². The van der Waals surface area contributed by atoms with Gasteiger partial charge in [-0.05, 0) is 20.3 Å². The smallest absolute Gasteiger partial charge is 0.158 e.